The molecule has 0 saturated heterocycles. The maximum atomic E-state index is 12.5. The topological polar surface area (TPSA) is 83.8 Å². The molecule has 79 heavy (non-hydrogen) atoms. The molecule has 3 heterocycles. The molecule has 378 valence electrons. The highest BCUT2D eigenvalue weighted by Crippen LogP contribution is 2.37. The van der Waals surface area contributed by atoms with Gasteiger partial charge in [0.2, 0.25) is 5.91 Å². The predicted octanol–water partition coefficient (Wildman–Crippen LogP) is 20.4. The molecule has 0 aliphatic heterocycles. The maximum absolute atomic E-state index is 12.5. The number of furan rings is 3. The minimum atomic E-state index is -0.0482. The molecule has 0 fully saturated rings. The Kier molecular flexibility index (Phi) is 12.9. The van der Waals surface area contributed by atoms with E-state index in [1.165, 1.54) is 21.9 Å². The third kappa shape index (κ3) is 9.92. The molecule has 1 amide bonds. The van der Waals surface area contributed by atoms with Crippen LogP contribution in [-0.2, 0) is 4.79 Å². The highest BCUT2D eigenvalue weighted by molar-refractivity contribution is 6.09. The predicted molar refractivity (Wildman–Crippen MR) is 328 cm³/mol. The third-order valence-corrected chi connectivity index (χ3v) is 14.3. The summed E-state index contributed by atoms with van der Waals surface area (Å²) < 4.78 is 17.9. The van der Waals surface area contributed by atoms with Gasteiger partial charge in [-0.25, -0.2) is 0 Å². The second-order valence-electron chi connectivity index (χ2n) is 19.4. The first-order valence-electron chi connectivity index (χ1n) is 26.3. The number of hydrogen-bond donors (Lipinski definition) is 2. The number of carbonyl (C=O) groups excluding carboxylic acids is 1. The van der Waals surface area contributed by atoms with Crippen LogP contribution in [0, 0.1) is 0 Å². The molecule has 7 nitrogen and oxygen atoms in total. The molecule has 15 aromatic rings. The second-order valence-corrected chi connectivity index (χ2v) is 19.4. The lowest BCUT2D eigenvalue weighted by molar-refractivity contribution is -0.115. The summed E-state index contributed by atoms with van der Waals surface area (Å²) in [6.45, 7) is 1.58. The van der Waals surface area contributed by atoms with Crippen molar-refractivity contribution in [2.75, 3.05) is 15.5 Å². The van der Waals surface area contributed by atoms with E-state index in [4.69, 9.17) is 13.3 Å². The Morgan fingerprint density at radius 1 is 0.304 bits per heavy atom. The fourth-order valence-electron chi connectivity index (χ4n) is 10.4. The third-order valence-electron chi connectivity index (χ3n) is 14.3. The number of nitrogens with zero attached hydrogens (tertiary/aromatic N) is 1. The van der Waals surface area contributed by atoms with Crippen molar-refractivity contribution in [3.63, 3.8) is 0 Å². The number of anilines is 6. The number of carbonyl (C=O) groups is 1. The van der Waals surface area contributed by atoms with Gasteiger partial charge in [-0.2, -0.15) is 0 Å². The van der Waals surface area contributed by atoms with Crippen LogP contribution in [0.5, 0.6) is 0 Å². The number of benzene rings is 12. The lowest BCUT2D eigenvalue weighted by Crippen LogP contribution is -2.22. The average molecular weight is 1020 g/mol. The summed E-state index contributed by atoms with van der Waals surface area (Å²) in [4.78, 5) is 14.2. The first-order valence-corrected chi connectivity index (χ1v) is 26.3. The number of nitrogens with one attached hydrogen (secondary N) is 2. The van der Waals surface area contributed by atoms with Gasteiger partial charge in [0, 0.05) is 91.3 Å². The standard InChI is InChI=1S/C26H19NO2.C24H17NO.C22H15NO/c1-18(28)27(21-13-11-20(12-14-21)19-7-3-2-4-8-19)22-15-16-24-23-9-5-6-10-25(23)29-26(24)17-22;1-2-6-17(7-3-1)18-10-12-19(13-11-18)25-20-14-15-22-21-8-4-5-9-23(21)26-24(22)16-20;1-2-8-17-15(6-1)7-5-10-20(17)23-16-12-13-19-18-9-3-4-11-21(18)24-22(19)14-16/h2-17H,1H3;1-16,25H;1-14,23H. The van der Waals surface area contributed by atoms with Crippen molar-refractivity contribution >= 4 is 117 Å². The van der Waals surface area contributed by atoms with Gasteiger partial charge in [-0.1, -0.05) is 176 Å². The molecule has 2 N–H and O–H groups in total. The molecule has 0 unspecified atom stereocenters. The minimum Gasteiger partial charge on any atom is -0.456 e. The van der Waals surface area contributed by atoms with E-state index in [-0.39, 0.29) is 5.91 Å². The van der Waals surface area contributed by atoms with Gasteiger partial charge in [0.05, 0.1) is 5.69 Å². The van der Waals surface area contributed by atoms with E-state index >= 15 is 0 Å². The van der Waals surface area contributed by atoms with Gasteiger partial charge in [-0.05, 0) is 113 Å². The van der Waals surface area contributed by atoms with Gasteiger partial charge >= 0.3 is 0 Å². The number of hydrogen-bond acceptors (Lipinski definition) is 6. The van der Waals surface area contributed by atoms with Crippen LogP contribution >= 0.6 is 0 Å². The first kappa shape index (κ1) is 48.0. The molecule has 0 bridgehead atoms. The Balaban J connectivity index is 0.000000113. The van der Waals surface area contributed by atoms with E-state index in [1.807, 2.05) is 127 Å². The fourth-order valence-corrected chi connectivity index (χ4v) is 10.4. The zero-order chi connectivity index (χ0) is 53.1. The number of para-hydroxylation sites is 3. The van der Waals surface area contributed by atoms with Crippen LogP contribution in [-0.4, -0.2) is 5.91 Å². The van der Waals surface area contributed by atoms with E-state index in [0.29, 0.717) is 0 Å². The number of rotatable bonds is 8. The summed E-state index contributed by atoms with van der Waals surface area (Å²) in [5, 5.41) is 16.2. The highest BCUT2D eigenvalue weighted by Gasteiger charge is 2.17. The summed E-state index contributed by atoms with van der Waals surface area (Å²) in [6, 6.07) is 94.5. The van der Waals surface area contributed by atoms with Crippen molar-refractivity contribution < 1.29 is 18.0 Å². The van der Waals surface area contributed by atoms with Crippen molar-refractivity contribution in [3.05, 3.63) is 279 Å². The first-order chi connectivity index (χ1) is 39.0. The van der Waals surface area contributed by atoms with Gasteiger partial charge in [0.15, 0.2) is 0 Å². The summed E-state index contributed by atoms with van der Waals surface area (Å²) in [5.74, 6) is -0.0482. The number of fused-ring (bicyclic) bond motifs is 10. The SMILES string of the molecule is CC(=O)N(c1ccc(-c2ccccc2)cc1)c1ccc2c(c1)oc1ccccc12.c1ccc(-c2ccc(Nc3ccc4c(c3)oc3ccccc34)cc2)cc1.c1ccc2c(Nc3ccc4c(c3)oc3ccccc34)cccc2c1. The van der Waals surface area contributed by atoms with Gasteiger partial charge in [0.1, 0.15) is 33.5 Å². The molecule has 0 radical (unpaired) electrons. The van der Waals surface area contributed by atoms with E-state index in [0.717, 1.165) is 111 Å². The summed E-state index contributed by atoms with van der Waals surface area (Å²) in [6.07, 6.45) is 0. The Labute approximate surface area is 456 Å². The lowest BCUT2D eigenvalue weighted by atomic mass is 10.1. The molecule has 3 aromatic heterocycles. The fraction of sp³-hybridized carbons (Fsp3) is 0.0139. The molecule has 12 aromatic carbocycles. The molecular formula is C72H51N3O4. The van der Waals surface area contributed by atoms with Gasteiger partial charge in [-0.3, -0.25) is 9.69 Å². The average Bonchev–Trinajstić information content (AvgIpc) is 4.31. The minimum absolute atomic E-state index is 0.0482. The van der Waals surface area contributed by atoms with Crippen LogP contribution in [0.4, 0.5) is 34.1 Å². The van der Waals surface area contributed by atoms with Crippen LogP contribution < -0.4 is 15.5 Å². The molecule has 0 aliphatic rings. The van der Waals surface area contributed by atoms with Gasteiger partial charge in [0.25, 0.3) is 0 Å². The Bertz CT molecular complexity index is 4630. The van der Waals surface area contributed by atoms with Crippen LogP contribution in [0.25, 0.3) is 98.8 Å². The van der Waals surface area contributed by atoms with Crippen LogP contribution in [0.15, 0.2) is 292 Å². The van der Waals surface area contributed by atoms with E-state index in [9.17, 15) is 4.79 Å². The smallest absolute Gasteiger partial charge is 0.228 e. The van der Waals surface area contributed by atoms with Crippen LogP contribution in [0.1, 0.15) is 6.92 Å². The second kappa shape index (κ2) is 21.2. The highest BCUT2D eigenvalue weighted by atomic mass is 16.3. The normalized spacial score (nSPS) is 11.2. The summed E-state index contributed by atoms with van der Waals surface area (Å²) >= 11 is 0. The maximum Gasteiger partial charge on any atom is 0.228 e. The largest absolute Gasteiger partial charge is 0.456 e. The van der Waals surface area contributed by atoms with Crippen LogP contribution in [0.2, 0.25) is 0 Å². The molecule has 0 aliphatic carbocycles. The van der Waals surface area contributed by atoms with Crippen LogP contribution in [0.3, 0.4) is 0 Å². The quantitative estimate of drug-likeness (QED) is 0.158. The molecule has 15 rings (SSSR count). The number of amides is 1. The Morgan fingerprint density at radius 3 is 1.22 bits per heavy atom. The zero-order valence-electron chi connectivity index (χ0n) is 43.1. The Hall–Kier alpha value is -10.6. The molecule has 0 spiro atoms. The summed E-state index contributed by atoms with van der Waals surface area (Å²) in [5.41, 5.74) is 15.8. The Morgan fingerprint density at radius 2 is 0.684 bits per heavy atom. The van der Waals surface area contributed by atoms with Crippen molar-refractivity contribution in [2.45, 2.75) is 6.92 Å². The van der Waals surface area contributed by atoms with Gasteiger partial charge in [-0.15, -0.1) is 0 Å². The lowest BCUT2D eigenvalue weighted by Gasteiger charge is -2.21. The van der Waals surface area contributed by atoms with Crippen molar-refractivity contribution in [1.82, 2.24) is 0 Å². The zero-order valence-corrected chi connectivity index (χ0v) is 43.1. The van der Waals surface area contributed by atoms with Crippen molar-refractivity contribution in [1.29, 1.82) is 0 Å². The molecule has 7 heteroatoms. The van der Waals surface area contributed by atoms with Crippen molar-refractivity contribution in [3.8, 4) is 22.3 Å². The van der Waals surface area contributed by atoms with E-state index in [1.54, 1.807) is 11.8 Å². The molecule has 0 atom stereocenters. The molecular weight excluding hydrogens is 971 g/mol. The molecule has 0 saturated carbocycles. The monoisotopic (exact) mass is 1020 g/mol. The van der Waals surface area contributed by atoms with E-state index < -0.39 is 0 Å². The summed E-state index contributed by atoms with van der Waals surface area (Å²) in [7, 11) is 0. The van der Waals surface area contributed by atoms with Gasteiger partial charge < -0.3 is 23.9 Å². The van der Waals surface area contributed by atoms with Crippen molar-refractivity contribution in [2.24, 2.45) is 0 Å². The van der Waals surface area contributed by atoms with E-state index in [2.05, 4.69) is 162 Å².